The summed E-state index contributed by atoms with van der Waals surface area (Å²) in [5, 5.41) is 9.38. The number of hydrogen-bond acceptors (Lipinski definition) is 3. The van der Waals surface area contributed by atoms with Crippen molar-refractivity contribution in [3.8, 4) is 5.69 Å². The first-order valence-corrected chi connectivity index (χ1v) is 16.9. The highest BCUT2D eigenvalue weighted by Gasteiger charge is 2.19. The predicted octanol–water partition coefficient (Wildman–Crippen LogP) is 13.2. The summed E-state index contributed by atoms with van der Waals surface area (Å²) in [4.78, 5) is 2.32. The molecule has 234 valence electrons. The molecule has 0 unspecified atom stereocenters. The Bertz CT molecular complexity index is 2990. The summed E-state index contributed by atoms with van der Waals surface area (Å²) in [5.74, 6) is 0. The maximum Gasteiger partial charge on any atom is 0.135 e. The zero-order valence-electron chi connectivity index (χ0n) is 26.9. The largest absolute Gasteiger partial charge is 0.456 e. The van der Waals surface area contributed by atoms with Crippen molar-refractivity contribution >= 4 is 93.5 Å². The maximum atomic E-state index is 6.21. The lowest BCUT2D eigenvalue weighted by Gasteiger charge is -2.26. The van der Waals surface area contributed by atoms with E-state index in [4.69, 9.17) is 8.83 Å². The van der Waals surface area contributed by atoms with Crippen molar-refractivity contribution in [1.82, 2.24) is 4.57 Å². The minimum Gasteiger partial charge on any atom is -0.456 e. The first-order chi connectivity index (χ1) is 24.8. The van der Waals surface area contributed by atoms with Gasteiger partial charge in [-0.3, -0.25) is 0 Å². The van der Waals surface area contributed by atoms with Crippen molar-refractivity contribution in [3.63, 3.8) is 0 Å². The summed E-state index contributed by atoms with van der Waals surface area (Å²) >= 11 is 0. The molecule has 0 saturated heterocycles. The van der Waals surface area contributed by atoms with Gasteiger partial charge in [-0.25, -0.2) is 0 Å². The molecule has 0 N–H and O–H groups in total. The monoisotopic (exact) mass is 640 g/mol. The van der Waals surface area contributed by atoms with Gasteiger partial charge in [0.1, 0.15) is 22.3 Å². The van der Waals surface area contributed by atoms with Gasteiger partial charge < -0.3 is 18.3 Å². The molecule has 0 bridgehead atoms. The molecule has 11 aromatic rings. The molecule has 11 rings (SSSR count). The Morgan fingerprint density at radius 2 is 0.840 bits per heavy atom. The van der Waals surface area contributed by atoms with E-state index in [0.29, 0.717) is 0 Å². The second kappa shape index (κ2) is 10.4. The van der Waals surface area contributed by atoms with Gasteiger partial charge in [0.05, 0.1) is 11.0 Å². The molecule has 3 heterocycles. The third-order valence-electron chi connectivity index (χ3n) is 10.1. The van der Waals surface area contributed by atoms with Crippen LogP contribution in [0.2, 0.25) is 0 Å². The van der Waals surface area contributed by atoms with Crippen LogP contribution >= 0.6 is 0 Å². The molecule has 0 aliphatic rings. The van der Waals surface area contributed by atoms with Crippen molar-refractivity contribution in [1.29, 1.82) is 0 Å². The Labute approximate surface area is 286 Å². The lowest BCUT2D eigenvalue weighted by Crippen LogP contribution is -2.10. The zero-order valence-corrected chi connectivity index (χ0v) is 26.9. The van der Waals surface area contributed by atoms with Crippen LogP contribution in [-0.2, 0) is 0 Å². The lowest BCUT2D eigenvalue weighted by molar-refractivity contribution is 0.668. The van der Waals surface area contributed by atoms with Crippen LogP contribution < -0.4 is 4.90 Å². The van der Waals surface area contributed by atoms with E-state index in [-0.39, 0.29) is 0 Å². The Morgan fingerprint density at radius 1 is 0.340 bits per heavy atom. The molecule has 0 aliphatic carbocycles. The van der Waals surface area contributed by atoms with Crippen LogP contribution in [0.3, 0.4) is 0 Å². The van der Waals surface area contributed by atoms with Gasteiger partial charge in [0.15, 0.2) is 0 Å². The highest BCUT2D eigenvalue weighted by atomic mass is 16.3. The minimum atomic E-state index is 0.875. The number of nitrogens with zero attached hydrogens (tertiary/aromatic N) is 2. The molecule has 0 radical (unpaired) electrons. The highest BCUT2D eigenvalue weighted by molar-refractivity contribution is 6.14. The van der Waals surface area contributed by atoms with Gasteiger partial charge in [0, 0.05) is 55.1 Å². The van der Waals surface area contributed by atoms with Crippen molar-refractivity contribution in [3.05, 3.63) is 170 Å². The molecular formula is C46H28N2O2. The zero-order chi connectivity index (χ0) is 32.8. The molecule has 0 fully saturated rings. The molecule has 50 heavy (non-hydrogen) atoms. The minimum absolute atomic E-state index is 0.875. The Hall–Kier alpha value is -6.78. The summed E-state index contributed by atoms with van der Waals surface area (Å²) in [6.07, 6.45) is 0. The van der Waals surface area contributed by atoms with E-state index in [2.05, 4.69) is 155 Å². The molecule has 0 saturated carbocycles. The summed E-state index contributed by atoms with van der Waals surface area (Å²) in [6.45, 7) is 0. The molecule has 3 aromatic heterocycles. The highest BCUT2D eigenvalue weighted by Crippen LogP contribution is 2.42. The maximum absolute atomic E-state index is 6.21. The second-order valence-corrected chi connectivity index (χ2v) is 13.0. The van der Waals surface area contributed by atoms with E-state index in [0.717, 1.165) is 66.6 Å². The van der Waals surface area contributed by atoms with Crippen molar-refractivity contribution < 1.29 is 8.83 Å². The third-order valence-corrected chi connectivity index (χ3v) is 10.1. The average Bonchev–Trinajstić information content (AvgIpc) is 3.83. The summed E-state index contributed by atoms with van der Waals surface area (Å²) in [5.41, 5.74) is 10.2. The molecule has 4 nitrogen and oxygen atoms in total. The van der Waals surface area contributed by atoms with Crippen molar-refractivity contribution in [2.45, 2.75) is 0 Å². The van der Waals surface area contributed by atoms with Gasteiger partial charge in [-0.2, -0.15) is 0 Å². The van der Waals surface area contributed by atoms with Gasteiger partial charge in [0.2, 0.25) is 0 Å². The van der Waals surface area contributed by atoms with E-state index in [1.807, 2.05) is 24.3 Å². The molecular weight excluding hydrogens is 613 g/mol. The SMILES string of the molecule is c1ccc2cc3c(cc2c1)c1ccccc1n3-c1ccc(N(c2ccc3oc4ccccc4c3c2)c2ccc3oc4ccccc4c3c2)cc1. The van der Waals surface area contributed by atoms with Crippen LogP contribution in [0.4, 0.5) is 17.1 Å². The third kappa shape index (κ3) is 3.99. The normalized spacial score (nSPS) is 12.0. The fourth-order valence-corrected chi connectivity index (χ4v) is 7.84. The molecule has 0 aliphatic heterocycles. The molecule has 0 atom stereocenters. The number of anilines is 3. The smallest absolute Gasteiger partial charge is 0.135 e. The molecule has 8 aromatic carbocycles. The average molecular weight is 641 g/mol. The predicted molar refractivity (Wildman–Crippen MR) is 208 cm³/mol. The van der Waals surface area contributed by atoms with E-state index >= 15 is 0 Å². The van der Waals surface area contributed by atoms with E-state index in [1.54, 1.807) is 0 Å². The van der Waals surface area contributed by atoms with Gasteiger partial charge >= 0.3 is 0 Å². The Kier molecular flexibility index (Phi) is 5.63. The van der Waals surface area contributed by atoms with Gasteiger partial charge in [-0.15, -0.1) is 0 Å². The molecule has 0 spiro atoms. The van der Waals surface area contributed by atoms with Crippen LogP contribution in [0.5, 0.6) is 0 Å². The van der Waals surface area contributed by atoms with Gasteiger partial charge in [0.25, 0.3) is 0 Å². The number of aromatic nitrogens is 1. The Morgan fingerprint density at radius 3 is 1.48 bits per heavy atom. The van der Waals surface area contributed by atoms with E-state index in [9.17, 15) is 0 Å². The van der Waals surface area contributed by atoms with Gasteiger partial charge in [-0.1, -0.05) is 78.9 Å². The van der Waals surface area contributed by atoms with Crippen LogP contribution in [0.15, 0.2) is 179 Å². The quantitative estimate of drug-likeness (QED) is 0.192. The summed E-state index contributed by atoms with van der Waals surface area (Å²) in [7, 11) is 0. The number of benzene rings is 8. The van der Waals surface area contributed by atoms with Crippen molar-refractivity contribution in [2.24, 2.45) is 0 Å². The summed E-state index contributed by atoms with van der Waals surface area (Å²) in [6, 6.07) is 60.3. The Balaban J connectivity index is 1.12. The van der Waals surface area contributed by atoms with Crippen LogP contribution in [-0.4, -0.2) is 4.57 Å². The van der Waals surface area contributed by atoms with Gasteiger partial charge in [-0.05, 0) is 102 Å². The number of hydrogen-bond donors (Lipinski definition) is 0. The van der Waals surface area contributed by atoms with Crippen LogP contribution in [0.1, 0.15) is 0 Å². The lowest BCUT2D eigenvalue weighted by atomic mass is 10.1. The number of rotatable bonds is 4. The molecule has 0 amide bonds. The van der Waals surface area contributed by atoms with E-state index < -0.39 is 0 Å². The standard InChI is InChI=1S/C46H28N2O2/c1-2-10-30-26-42-38(25-29(30)9-1)35-11-3-6-14-41(35)48(42)32-19-17-31(18-20-32)47(33-21-23-45-39(27-33)36-12-4-7-15-43(36)49-45)34-22-24-46-40(28-34)37-13-5-8-16-44(37)50-46/h1-28H. The number of furan rings is 2. The number of fused-ring (bicyclic) bond motifs is 10. The first kappa shape index (κ1) is 27.2. The fourth-order valence-electron chi connectivity index (χ4n) is 7.84. The fraction of sp³-hybridized carbons (Fsp3) is 0. The first-order valence-electron chi connectivity index (χ1n) is 16.9. The molecule has 4 heteroatoms. The summed E-state index contributed by atoms with van der Waals surface area (Å²) < 4.78 is 14.8. The number of para-hydroxylation sites is 3. The van der Waals surface area contributed by atoms with Crippen LogP contribution in [0, 0.1) is 0 Å². The van der Waals surface area contributed by atoms with Crippen LogP contribution in [0.25, 0.3) is 82.1 Å². The van der Waals surface area contributed by atoms with E-state index in [1.165, 1.54) is 32.6 Å². The second-order valence-electron chi connectivity index (χ2n) is 13.0. The van der Waals surface area contributed by atoms with Crippen molar-refractivity contribution in [2.75, 3.05) is 4.90 Å². The topological polar surface area (TPSA) is 34.5 Å².